The summed E-state index contributed by atoms with van der Waals surface area (Å²) in [4.78, 5) is 15.8. The number of nitrogen functional groups attached to an aromatic ring is 1. The maximum Gasteiger partial charge on any atom is 0.222 e. The Morgan fingerprint density at radius 1 is 1.27 bits per heavy atom. The molecule has 0 radical (unpaired) electrons. The van der Waals surface area contributed by atoms with Crippen LogP contribution in [0.1, 0.15) is 36.3 Å². The van der Waals surface area contributed by atoms with E-state index in [0.29, 0.717) is 17.1 Å². The third-order valence-electron chi connectivity index (χ3n) is 5.54. The lowest BCUT2D eigenvalue weighted by atomic mass is 10.1. The van der Waals surface area contributed by atoms with Gasteiger partial charge in [-0.1, -0.05) is 0 Å². The fourth-order valence-electron chi connectivity index (χ4n) is 3.95. The van der Waals surface area contributed by atoms with E-state index in [1.165, 1.54) is 0 Å². The average Bonchev–Trinajstić information content (AvgIpc) is 2.91. The molecule has 3 aromatic rings. The smallest absolute Gasteiger partial charge is 0.222 e. The van der Waals surface area contributed by atoms with Crippen molar-refractivity contribution in [3.63, 3.8) is 0 Å². The van der Waals surface area contributed by atoms with E-state index in [1.54, 1.807) is 6.92 Å². The zero-order valence-electron chi connectivity index (χ0n) is 17.6. The molecule has 9 nitrogen and oxygen atoms in total. The second-order valence-corrected chi connectivity index (χ2v) is 7.68. The average molecular weight is 406 g/mol. The molecule has 0 amide bonds. The highest BCUT2D eigenvalue weighted by Gasteiger charge is 2.22. The fourth-order valence-corrected chi connectivity index (χ4v) is 3.95. The lowest BCUT2D eigenvalue weighted by molar-refractivity contribution is 0.724. The summed E-state index contributed by atoms with van der Waals surface area (Å²) < 4.78 is 2.09. The van der Waals surface area contributed by atoms with Crippen molar-refractivity contribution in [3.8, 4) is 6.07 Å². The van der Waals surface area contributed by atoms with Crippen molar-refractivity contribution in [2.45, 2.75) is 26.3 Å². The van der Waals surface area contributed by atoms with Crippen molar-refractivity contribution in [1.82, 2.24) is 24.8 Å². The van der Waals surface area contributed by atoms with Crippen LogP contribution in [0, 0.1) is 18.3 Å². The molecule has 0 bridgehead atoms. The van der Waals surface area contributed by atoms with Crippen LogP contribution < -0.4 is 21.3 Å². The van der Waals surface area contributed by atoms with E-state index in [-0.39, 0.29) is 12.0 Å². The Balaban J connectivity index is 1.77. The van der Waals surface area contributed by atoms with Gasteiger partial charge < -0.3 is 25.8 Å². The monoisotopic (exact) mass is 405 g/mol. The summed E-state index contributed by atoms with van der Waals surface area (Å²) in [7, 11) is 2.03. The summed E-state index contributed by atoms with van der Waals surface area (Å²) in [6.45, 7) is 7.63. The van der Waals surface area contributed by atoms with Gasteiger partial charge in [-0.05, 0) is 38.9 Å². The van der Waals surface area contributed by atoms with Gasteiger partial charge in [-0.2, -0.15) is 10.2 Å². The number of hydrogen-bond acceptors (Lipinski definition) is 8. The number of nitrogens with two attached hydrogens (primary N) is 1. The molecule has 156 valence electrons. The fraction of sp³-hybridized carbons (Fsp3) is 0.429. The topological polar surface area (TPSA) is 121 Å². The number of nitriles is 1. The molecule has 0 aliphatic carbocycles. The summed E-state index contributed by atoms with van der Waals surface area (Å²) in [5, 5.41) is 16.4. The molecule has 4 N–H and O–H groups in total. The van der Waals surface area contributed by atoms with Crippen molar-refractivity contribution in [2.75, 3.05) is 42.1 Å². The van der Waals surface area contributed by atoms with E-state index in [2.05, 4.69) is 42.2 Å². The number of nitrogens with zero attached hydrogens (tertiary/aromatic N) is 6. The lowest BCUT2D eigenvalue weighted by Crippen LogP contribution is -2.30. The van der Waals surface area contributed by atoms with Crippen molar-refractivity contribution >= 4 is 28.5 Å². The minimum atomic E-state index is -0.179. The van der Waals surface area contributed by atoms with Crippen molar-refractivity contribution in [3.05, 3.63) is 35.3 Å². The minimum Gasteiger partial charge on any atom is -0.369 e. The normalized spacial score (nSPS) is 15.6. The number of hydrogen-bond donors (Lipinski definition) is 3. The molecule has 30 heavy (non-hydrogen) atoms. The molecule has 0 unspecified atom stereocenters. The summed E-state index contributed by atoms with van der Waals surface area (Å²) in [6.07, 6.45) is 3.10. The molecule has 9 heteroatoms. The van der Waals surface area contributed by atoms with Crippen LogP contribution in [0.2, 0.25) is 0 Å². The molecule has 4 rings (SSSR count). The molecule has 1 aliphatic heterocycles. The first-order valence-electron chi connectivity index (χ1n) is 10.2. The number of rotatable bonds is 4. The van der Waals surface area contributed by atoms with Crippen LogP contribution in [-0.2, 0) is 7.05 Å². The molecular weight excluding hydrogens is 378 g/mol. The number of aromatic nitrogens is 4. The Morgan fingerprint density at radius 3 is 2.90 bits per heavy atom. The number of anilines is 3. The highest BCUT2D eigenvalue weighted by molar-refractivity contribution is 5.81. The largest absolute Gasteiger partial charge is 0.369 e. The summed E-state index contributed by atoms with van der Waals surface area (Å²) in [6, 6.07) is 6.24. The third kappa shape index (κ3) is 3.74. The van der Waals surface area contributed by atoms with E-state index in [1.807, 2.05) is 26.2 Å². The standard InChI is InChI=1S/C21H27N9/c1-13-15(12-22)20(28-21(23)26-13)25-14(2)19-18(30-8-4-6-24-7-10-30)11-17-16(27-19)5-9-29(17)3/h5,9,11,14,24H,4,6-8,10H2,1-3H3,(H3,23,25,26,28)/t14-/m0/s1. The predicted molar refractivity (Wildman–Crippen MR) is 118 cm³/mol. The summed E-state index contributed by atoms with van der Waals surface area (Å²) >= 11 is 0. The first-order chi connectivity index (χ1) is 14.5. The Labute approximate surface area is 175 Å². The van der Waals surface area contributed by atoms with Gasteiger partial charge in [0, 0.05) is 32.9 Å². The molecule has 1 saturated heterocycles. The van der Waals surface area contributed by atoms with Gasteiger partial charge in [-0.15, -0.1) is 0 Å². The van der Waals surface area contributed by atoms with Crippen molar-refractivity contribution in [1.29, 1.82) is 5.26 Å². The minimum absolute atomic E-state index is 0.145. The highest BCUT2D eigenvalue weighted by Crippen LogP contribution is 2.32. The number of fused-ring (bicyclic) bond motifs is 1. The van der Waals surface area contributed by atoms with Gasteiger partial charge in [0.15, 0.2) is 0 Å². The number of aryl methyl sites for hydroxylation is 2. The molecule has 0 spiro atoms. The first-order valence-corrected chi connectivity index (χ1v) is 10.2. The quantitative estimate of drug-likeness (QED) is 0.603. The van der Waals surface area contributed by atoms with Crippen LogP contribution in [0.25, 0.3) is 11.0 Å². The van der Waals surface area contributed by atoms with Gasteiger partial charge in [0.2, 0.25) is 5.95 Å². The van der Waals surface area contributed by atoms with Crippen LogP contribution in [0.4, 0.5) is 17.5 Å². The zero-order chi connectivity index (χ0) is 21.3. The van der Waals surface area contributed by atoms with Gasteiger partial charge in [0.25, 0.3) is 0 Å². The van der Waals surface area contributed by atoms with E-state index >= 15 is 0 Å². The van der Waals surface area contributed by atoms with Crippen LogP contribution in [0.5, 0.6) is 0 Å². The van der Waals surface area contributed by atoms with Gasteiger partial charge in [-0.25, -0.2) is 9.97 Å². The molecule has 4 heterocycles. The van der Waals surface area contributed by atoms with Crippen molar-refractivity contribution in [2.24, 2.45) is 7.05 Å². The van der Waals surface area contributed by atoms with Gasteiger partial charge >= 0.3 is 0 Å². The molecule has 1 fully saturated rings. The summed E-state index contributed by atoms with van der Waals surface area (Å²) in [5.74, 6) is 0.583. The van der Waals surface area contributed by atoms with Crippen LogP contribution >= 0.6 is 0 Å². The van der Waals surface area contributed by atoms with Crippen LogP contribution in [0.3, 0.4) is 0 Å². The van der Waals surface area contributed by atoms with Crippen molar-refractivity contribution < 1.29 is 0 Å². The van der Waals surface area contributed by atoms with E-state index in [9.17, 15) is 5.26 Å². The van der Waals surface area contributed by atoms with Gasteiger partial charge in [-0.3, -0.25) is 0 Å². The Kier molecular flexibility index (Phi) is 5.42. The Morgan fingerprint density at radius 2 is 2.10 bits per heavy atom. The SMILES string of the molecule is Cc1nc(N)nc(N[C@@H](C)c2nc3ccn(C)c3cc2N2CCCNCC2)c1C#N. The molecule has 0 saturated carbocycles. The number of nitrogens with one attached hydrogen (secondary N) is 2. The van der Waals surface area contributed by atoms with Gasteiger partial charge in [0.05, 0.1) is 34.2 Å². The first kappa shape index (κ1) is 19.9. The predicted octanol–water partition coefficient (Wildman–Crippen LogP) is 2.10. The maximum atomic E-state index is 9.56. The molecule has 3 aromatic heterocycles. The van der Waals surface area contributed by atoms with E-state index < -0.39 is 0 Å². The van der Waals surface area contributed by atoms with Gasteiger partial charge in [0.1, 0.15) is 17.5 Å². The third-order valence-corrected chi connectivity index (χ3v) is 5.54. The summed E-state index contributed by atoms with van der Waals surface area (Å²) in [5.41, 5.74) is 10.9. The van der Waals surface area contributed by atoms with Crippen LogP contribution in [-0.4, -0.2) is 45.7 Å². The molecule has 1 aliphatic rings. The second kappa shape index (κ2) is 8.16. The Hall–Kier alpha value is -3.38. The molecule has 0 aromatic carbocycles. The van der Waals surface area contributed by atoms with E-state index in [4.69, 9.17) is 10.7 Å². The van der Waals surface area contributed by atoms with E-state index in [0.717, 1.165) is 55.0 Å². The zero-order valence-corrected chi connectivity index (χ0v) is 17.6. The second-order valence-electron chi connectivity index (χ2n) is 7.68. The highest BCUT2D eigenvalue weighted by atomic mass is 15.2. The Bertz CT molecular complexity index is 1100. The maximum absolute atomic E-state index is 9.56. The lowest BCUT2D eigenvalue weighted by Gasteiger charge is -2.27. The molecular formula is C21H27N9. The molecule has 1 atom stereocenters. The van der Waals surface area contributed by atoms with Crippen LogP contribution in [0.15, 0.2) is 18.3 Å². The number of pyridine rings is 1.